The maximum Gasteiger partial charge on any atom is 0.250 e. The number of likely N-dealkylation sites (tertiary alicyclic amines) is 1. The number of benzene rings is 1. The normalized spacial score (nSPS) is 17.8. The van der Waals surface area contributed by atoms with Gasteiger partial charge in [0.25, 0.3) is 0 Å². The molecule has 0 aliphatic carbocycles. The molecule has 0 saturated carbocycles. The van der Waals surface area contributed by atoms with Crippen molar-refractivity contribution >= 4 is 47.2 Å². The minimum Gasteiger partial charge on any atom is -0.494 e. The number of nitrogens with one attached hydrogen (secondary N) is 2. The molecule has 232 valence electrons. The average Bonchev–Trinajstić information content (AvgIpc) is 3.53. The van der Waals surface area contributed by atoms with Gasteiger partial charge < -0.3 is 29.7 Å². The highest BCUT2D eigenvalue weighted by atomic mass is 16.5. The van der Waals surface area contributed by atoms with E-state index in [4.69, 9.17) is 14.7 Å². The first-order valence-corrected chi connectivity index (χ1v) is 14.7. The lowest BCUT2D eigenvalue weighted by atomic mass is 9.85. The molecular formula is C32H41N9O3. The summed E-state index contributed by atoms with van der Waals surface area (Å²) in [7, 11) is 9.80. The molecule has 1 saturated heterocycles. The molecule has 2 aromatic heterocycles. The Morgan fingerprint density at radius 2 is 1.95 bits per heavy atom. The van der Waals surface area contributed by atoms with E-state index < -0.39 is 5.91 Å². The smallest absolute Gasteiger partial charge is 0.250 e. The molecule has 1 unspecified atom stereocenters. The second kappa shape index (κ2) is 13.0. The molecule has 2 aliphatic rings. The summed E-state index contributed by atoms with van der Waals surface area (Å²) in [6.07, 6.45) is 6.17. The Balaban J connectivity index is 1.48. The summed E-state index contributed by atoms with van der Waals surface area (Å²) in [5.74, 6) is 1.28. The van der Waals surface area contributed by atoms with Crippen LogP contribution in [-0.2, 0) is 15.0 Å². The molecule has 1 spiro atoms. The summed E-state index contributed by atoms with van der Waals surface area (Å²) >= 11 is 0. The van der Waals surface area contributed by atoms with Gasteiger partial charge in [0.2, 0.25) is 18.3 Å². The summed E-state index contributed by atoms with van der Waals surface area (Å²) in [6.45, 7) is 6.41. The van der Waals surface area contributed by atoms with E-state index >= 15 is 0 Å². The summed E-state index contributed by atoms with van der Waals surface area (Å²) < 4.78 is 5.79. The quantitative estimate of drug-likeness (QED) is 0.250. The third kappa shape index (κ3) is 6.51. The standard InChI is InChI=1S/C32H41N9O3/c1-22-7-9-25-30(35-22)32(12-14-39(4)19-32)20-41(25)28-11-13-33-31(37-28)36-24-17-23(8-10-29(43)34-21-42)26(18-27(24)44-6)40(5)16-15-38(2)3/h7-11,13,17-18,21H,12,14-16,19-20H2,1-6H3,(H,33,36,37)(H,34,42,43). The van der Waals surface area contributed by atoms with Gasteiger partial charge >= 0.3 is 0 Å². The van der Waals surface area contributed by atoms with Crippen LogP contribution in [0.2, 0.25) is 0 Å². The molecule has 12 heteroatoms. The highest BCUT2D eigenvalue weighted by Gasteiger charge is 2.48. The summed E-state index contributed by atoms with van der Waals surface area (Å²) in [4.78, 5) is 46.1. The third-order valence-corrected chi connectivity index (χ3v) is 8.23. The van der Waals surface area contributed by atoms with E-state index in [0.29, 0.717) is 23.8 Å². The van der Waals surface area contributed by atoms with E-state index in [-0.39, 0.29) is 5.41 Å². The van der Waals surface area contributed by atoms with Crippen molar-refractivity contribution in [1.82, 2.24) is 30.1 Å². The number of anilines is 5. The zero-order valence-corrected chi connectivity index (χ0v) is 26.3. The van der Waals surface area contributed by atoms with Gasteiger partial charge in [0.15, 0.2) is 0 Å². The lowest BCUT2D eigenvalue weighted by molar-refractivity contribution is -0.121. The average molecular weight is 600 g/mol. The van der Waals surface area contributed by atoms with E-state index in [1.807, 2.05) is 46.3 Å². The zero-order chi connectivity index (χ0) is 31.4. The van der Waals surface area contributed by atoms with Gasteiger partial charge in [-0.05, 0) is 71.4 Å². The third-order valence-electron chi connectivity index (χ3n) is 8.23. The van der Waals surface area contributed by atoms with Crippen LogP contribution in [0.4, 0.5) is 28.8 Å². The van der Waals surface area contributed by atoms with Crippen LogP contribution in [0, 0.1) is 6.92 Å². The number of nitrogens with zero attached hydrogens (tertiary/aromatic N) is 7. The Morgan fingerprint density at radius 1 is 1.14 bits per heavy atom. The molecule has 0 bridgehead atoms. The molecule has 1 atom stereocenters. The number of aromatic nitrogens is 3. The topological polar surface area (TPSA) is 119 Å². The molecule has 5 rings (SSSR count). The molecule has 2 N–H and O–H groups in total. The number of pyridine rings is 1. The summed E-state index contributed by atoms with van der Waals surface area (Å²) in [5, 5.41) is 5.49. The number of fused-ring (bicyclic) bond motifs is 2. The molecule has 12 nitrogen and oxygen atoms in total. The molecular weight excluding hydrogens is 558 g/mol. The van der Waals surface area contributed by atoms with Crippen LogP contribution in [0.3, 0.4) is 0 Å². The lowest BCUT2D eigenvalue weighted by Gasteiger charge is -2.25. The van der Waals surface area contributed by atoms with Crippen molar-refractivity contribution in [3.05, 3.63) is 59.6 Å². The fraction of sp³-hybridized carbons (Fsp3) is 0.406. The van der Waals surface area contributed by atoms with Crippen LogP contribution in [0.15, 0.2) is 42.6 Å². The second-order valence-corrected chi connectivity index (χ2v) is 11.8. The highest BCUT2D eigenvalue weighted by Crippen LogP contribution is 2.47. The number of imide groups is 1. The Morgan fingerprint density at radius 3 is 2.66 bits per heavy atom. The molecule has 2 amide bonds. The number of amides is 2. The van der Waals surface area contributed by atoms with Gasteiger partial charge in [-0.3, -0.25) is 19.9 Å². The van der Waals surface area contributed by atoms with Crippen LogP contribution in [-0.4, -0.2) is 105 Å². The van der Waals surface area contributed by atoms with Crippen molar-refractivity contribution in [2.24, 2.45) is 0 Å². The number of carbonyl (C=O) groups is 2. The van der Waals surface area contributed by atoms with Crippen LogP contribution in [0.1, 0.15) is 23.4 Å². The highest BCUT2D eigenvalue weighted by molar-refractivity contribution is 5.98. The van der Waals surface area contributed by atoms with Gasteiger partial charge in [-0.25, -0.2) is 4.98 Å². The number of rotatable bonds is 11. The zero-order valence-electron chi connectivity index (χ0n) is 26.3. The Bertz CT molecular complexity index is 1560. The van der Waals surface area contributed by atoms with E-state index in [1.54, 1.807) is 19.4 Å². The van der Waals surface area contributed by atoms with Crippen LogP contribution >= 0.6 is 0 Å². The van der Waals surface area contributed by atoms with E-state index in [2.05, 4.69) is 54.4 Å². The van der Waals surface area contributed by atoms with Crippen molar-refractivity contribution in [2.75, 3.05) is 83.1 Å². The van der Waals surface area contributed by atoms with Crippen LogP contribution in [0.5, 0.6) is 5.75 Å². The molecule has 44 heavy (non-hydrogen) atoms. The largest absolute Gasteiger partial charge is 0.494 e. The lowest BCUT2D eigenvalue weighted by Crippen LogP contribution is -2.35. The van der Waals surface area contributed by atoms with Crippen molar-refractivity contribution in [3.63, 3.8) is 0 Å². The van der Waals surface area contributed by atoms with Crippen LogP contribution in [0.25, 0.3) is 6.08 Å². The SMILES string of the molecule is COc1cc(N(C)CCN(C)C)c(C=CC(=O)NC=O)cc1Nc1nccc(N2CC3(CCN(C)C3)c3nc(C)ccc32)n1. The Hall–Kier alpha value is -4.55. The molecule has 0 radical (unpaired) electrons. The fourth-order valence-corrected chi connectivity index (χ4v) is 5.97. The number of likely N-dealkylation sites (N-methyl/N-ethyl adjacent to an activating group) is 3. The van der Waals surface area contributed by atoms with Gasteiger partial charge in [0.1, 0.15) is 11.6 Å². The van der Waals surface area contributed by atoms with Crippen molar-refractivity contribution in [2.45, 2.75) is 18.8 Å². The maximum atomic E-state index is 12.1. The number of methoxy groups -OCH3 is 1. The van der Waals surface area contributed by atoms with E-state index in [9.17, 15) is 9.59 Å². The maximum absolute atomic E-state index is 12.1. The van der Waals surface area contributed by atoms with Crippen molar-refractivity contribution in [1.29, 1.82) is 0 Å². The molecule has 1 aromatic carbocycles. The first-order valence-electron chi connectivity index (χ1n) is 14.7. The van der Waals surface area contributed by atoms with Crippen molar-refractivity contribution in [3.8, 4) is 5.75 Å². The van der Waals surface area contributed by atoms with E-state index in [0.717, 1.165) is 73.3 Å². The Labute approximate surface area is 258 Å². The number of aryl methyl sites for hydroxylation is 1. The first kappa shape index (κ1) is 30.9. The Kier molecular flexibility index (Phi) is 9.12. The minimum absolute atomic E-state index is 0.0380. The monoisotopic (exact) mass is 599 g/mol. The predicted octanol–water partition coefficient (Wildman–Crippen LogP) is 2.94. The van der Waals surface area contributed by atoms with Gasteiger partial charge in [-0.1, -0.05) is 0 Å². The summed E-state index contributed by atoms with van der Waals surface area (Å²) in [6, 6.07) is 9.93. The molecule has 3 aromatic rings. The number of hydrogen-bond donors (Lipinski definition) is 2. The first-order chi connectivity index (χ1) is 21.1. The van der Waals surface area contributed by atoms with Gasteiger partial charge in [0, 0.05) is 73.9 Å². The number of ether oxygens (including phenoxy) is 1. The van der Waals surface area contributed by atoms with Gasteiger partial charge in [-0.2, -0.15) is 4.98 Å². The molecule has 1 fully saturated rings. The van der Waals surface area contributed by atoms with Gasteiger partial charge in [-0.15, -0.1) is 0 Å². The molecule has 2 aliphatic heterocycles. The van der Waals surface area contributed by atoms with Gasteiger partial charge in [0.05, 0.1) is 24.2 Å². The minimum atomic E-state index is -0.509. The predicted molar refractivity (Wildman–Crippen MR) is 173 cm³/mol. The van der Waals surface area contributed by atoms with Crippen molar-refractivity contribution < 1.29 is 14.3 Å². The second-order valence-electron chi connectivity index (χ2n) is 11.8. The number of carbonyl (C=O) groups excluding carboxylic acids is 2. The number of hydrogen-bond acceptors (Lipinski definition) is 11. The van der Waals surface area contributed by atoms with E-state index in [1.165, 1.54) is 6.08 Å². The summed E-state index contributed by atoms with van der Waals surface area (Å²) in [5.41, 5.74) is 5.46. The molecule has 4 heterocycles. The fourth-order valence-electron chi connectivity index (χ4n) is 5.97. The van der Waals surface area contributed by atoms with Crippen LogP contribution < -0.4 is 25.2 Å².